The molecule has 1 aromatic carbocycles. The summed E-state index contributed by atoms with van der Waals surface area (Å²) < 4.78 is 30.7. The molecule has 0 radical (unpaired) electrons. The number of aliphatic hydroxyl groups is 1. The van der Waals surface area contributed by atoms with E-state index >= 15 is 0 Å². The Bertz CT molecular complexity index is 582. The van der Waals surface area contributed by atoms with Gasteiger partial charge in [0.1, 0.15) is 5.60 Å². The number of rotatable bonds is 5. The summed E-state index contributed by atoms with van der Waals surface area (Å²) in [5.41, 5.74) is 5.83. The van der Waals surface area contributed by atoms with Crippen LogP contribution >= 0.6 is 0 Å². The quantitative estimate of drug-likeness (QED) is 0.557. The van der Waals surface area contributed by atoms with Gasteiger partial charge >= 0.3 is 0 Å². The van der Waals surface area contributed by atoms with Gasteiger partial charge in [-0.25, -0.2) is 13.1 Å². The second-order valence-corrected chi connectivity index (χ2v) is 6.72. The number of ether oxygens (including phenoxy) is 1. The van der Waals surface area contributed by atoms with Crippen LogP contribution in [0.3, 0.4) is 0 Å². The van der Waals surface area contributed by atoms with E-state index in [2.05, 4.69) is 10.0 Å². The molecule has 0 aromatic heterocycles. The Morgan fingerprint density at radius 2 is 2.25 bits per heavy atom. The topological polar surface area (TPSA) is 114 Å². The summed E-state index contributed by atoms with van der Waals surface area (Å²) in [5.74, 6) is 0. The molecule has 1 atom stereocenters. The van der Waals surface area contributed by atoms with E-state index in [0.717, 1.165) is 0 Å². The third-order valence-corrected chi connectivity index (χ3v) is 4.70. The molecule has 8 heteroatoms. The second-order valence-electron chi connectivity index (χ2n) is 4.84. The molecular weight excluding hydrogens is 282 g/mol. The van der Waals surface area contributed by atoms with Gasteiger partial charge in [-0.3, -0.25) is 0 Å². The Labute approximate surface area is 118 Å². The van der Waals surface area contributed by atoms with Gasteiger partial charge in [-0.1, -0.05) is 0 Å². The monoisotopic (exact) mass is 301 g/mol. The zero-order valence-corrected chi connectivity index (χ0v) is 12.0. The fourth-order valence-corrected chi connectivity index (χ4v) is 2.75. The maximum absolute atomic E-state index is 11.6. The van der Waals surface area contributed by atoms with Crippen LogP contribution in [0.5, 0.6) is 0 Å². The zero-order valence-electron chi connectivity index (χ0n) is 11.2. The highest BCUT2D eigenvalue weighted by Gasteiger charge is 2.32. The minimum atomic E-state index is -3.51. The van der Waals surface area contributed by atoms with E-state index < -0.39 is 15.6 Å². The van der Waals surface area contributed by atoms with Gasteiger partial charge in [-0.2, -0.15) is 0 Å². The minimum absolute atomic E-state index is 0.103. The molecule has 0 amide bonds. The predicted molar refractivity (Wildman–Crippen MR) is 76.0 cm³/mol. The first-order chi connectivity index (χ1) is 9.36. The number of nitrogen functional groups attached to an aromatic ring is 1. The van der Waals surface area contributed by atoms with Gasteiger partial charge < -0.3 is 20.9 Å². The summed E-state index contributed by atoms with van der Waals surface area (Å²) in [4.78, 5) is 0.103. The van der Waals surface area contributed by atoms with Crippen LogP contribution in [0.1, 0.15) is 6.42 Å². The van der Waals surface area contributed by atoms with E-state index in [1.807, 2.05) is 0 Å². The maximum atomic E-state index is 11.6. The fourth-order valence-electron chi connectivity index (χ4n) is 1.98. The number of nitrogens with one attached hydrogen (secondary N) is 2. The SMILES string of the molecule is CNS(=O)(=O)c1ccc(NCC2(O)CCOC2)c(N)c1. The van der Waals surface area contributed by atoms with Crippen LogP contribution in [-0.2, 0) is 14.8 Å². The lowest BCUT2D eigenvalue weighted by Gasteiger charge is -2.22. The predicted octanol–water partition coefficient (Wildman–Crippen LogP) is -0.260. The Hall–Kier alpha value is -1.35. The van der Waals surface area contributed by atoms with Crippen LogP contribution in [0.2, 0.25) is 0 Å². The van der Waals surface area contributed by atoms with Gasteiger partial charge in [0, 0.05) is 19.6 Å². The first-order valence-electron chi connectivity index (χ1n) is 6.23. The second kappa shape index (κ2) is 5.57. The van der Waals surface area contributed by atoms with Crippen molar-refractivity contribution in [1.82, 2.24) is 4.72 Å². The maximum Gasteiger partial charge on any atom is 0.240 e. The molecule has 2 rings (SSSR count). The third-order valence-electron chi connectivity index (χ3n) is 3.29. The van der Waals surface area contributed by atoms with Crippen molar-refractivity contribution >= 4 is 21.4 Å². The molecule has 0 spiro atoms. The van der Waals surface area contributed by atoms with Crippen molar-refractivity contribution in [2.24, 2.45) is 0 Å². The zero-order chi connectivity index (χ0) is 14.8. The highest BCUT2D eigenvalue weighted by Crippen LogP contribution is 2.25. The molecule has 20 heavy (non-hydrogen) atoms. The summed E-state index contributed by atoms with van der Waals surface area (Å²) in [7, 11) is -2.17. The van der Waals surface area contributed by atoms with Crippen molar-refractivity contribution in [2.45, 2.75) is 16.9 Å². The van der Waals surface area contributed by atoms with E-state index in [0.29, 0.717) is 30.9 Å². The van der Waals surface area contributed by atoms with Gasteiger partial charge in [-0.15, -0.1) is 0 Å². The van der Waals surface area contributed by atoms with Gasteiger partial charge in [0.15, 0.2) is 0 Å². The molecule has 0 bridgehead atoms. The van der Waals surface area contributed by atoms with Gasteiger partial charge in [0.25, 0.3) is 0 Å². The third kappa shape index (κ3) is 3.21. The Kier molecular flexibility index (Phi) is 4.19. The molecule has 5 N–H and O–H groups in total. The molecule has 0 saturated carbocycles. The number of nitrogens with two attached hydrogens (primary N) is 1. The first kappa shape index (κ1) is 15.0. The van der Waals surface area contributed by atoms with Gasteiger partial charge in [-0.05, 0) is 25.2 Å². The van der Waals surface area contributed by atoms with E-state index in [1.165, 1.54) is 19.2 Å². The van der Waals surface area contributed by atoms with Crippen molar-refractivity contribution in [1.29, 1.82) is 0 Å². The molecule has 1 saturated heterocycles. The number of hydrogen-bond acceptors (Lipinski definition) is 6. The van der Waals surface area contributed by atoms with Gasteiger partial charge in [0.2, 0.25) is 10.0 Å². The van der Waals surface area contributed by atoms with E-state index in [9.17, 15) is 13.5 Å². The Morgan fingerprint density at radius 1 is 1.50 bits per heavy atom. The highest BCUT2D eigenvalue weighted by atomic mass is 32.2. The molecule has 1 heterocycles. The number of sulfonamides is 1. The molecule has 7 nitrogen and oxygen atoms in total. The summed E-state index contributed by atoms with van der Waals surface area (Å²) in [6.07, 6.45) is 0.562. The summed E-state index contributed by atoms with van der Waals surface area (Å²) in [5, 5.41) is 13.2. The molecule has 1 aliphatic rings. The van der Waals surface area contributed by atoms with Gasteiger partial charge in [0.05, 0.1) is 22.9 Å². The average molecular weight is 301 g/mol. The van der Waals surface area contributed by atoms with E-state index in [1.54, 1.807) is 6.07 Å². The standard InChI is InChI=1S/C12H19N3O4S/c1-14-20(17,18)9-2-3-11(10(13)6-9)15-7-12(16)4-5-19-8-12/h2-3,6,14-16H,4-5,7-8,13H2,1H3. The lowest BCUT2D eigenvalue weighted by atomic mass is 10.0. The van der Waals surface area contributed by atoms with Crippen molar-refractivity contribution in [3.05, 3.63) is 18.2 Å². The normalized spacial score (nSPS) is 22.9. The molecule has 112 valence electrons. The molecule has 1 fully saturated rings. The number of anilines is 2. The summed E-state index contributed by atoms with van der Waals surface area (Å²) in [6, 6.07) is 4.42. The number of hydrogen-bond donors (Lipinski definition) is 4. The number of benzene rings is 1. The van der Waals surface area contributed by atoms with E-state index in [-0.39, 0.29) is 11.5 Å². The lowest BCUT2D eigenvalue weighted by Crippen LogP contribution is -2.37. The van der Waals surface area contributed by atoms with Crippen LogP contribution in [0, 0.1) is 0 Å². The first-order valence-corrected chi connectivity index (χ1v) is 7.72. The van der Waals surface area contributed by atoms with Crippen molar-refractivity contribution in [3.63, 3.8) is 0 Å². The lowest BCUT2D eigenvalue weighted by molar-refractivity contribution is 0.0382. The van der Waals surface area contributed by atoms with Crippen LogP contribution in [0.4, 0.5) is 11.4 Å². The molecule has 1 unspecified atom stereocenters. The summed E-state index contributed by atoms with van der Waals surface area (Å²) in [6.45, 7) is 1.12. The molecule has 1 aliphatic heterocycles. The molecule has 1 aromatic rings. The molecular formula is C12H19N3O4S. The van der Waals surface area contributed by atoms with Crippen molar-refractivity contribution in [2.75, 3.05) is 37.9 Å². The van der Waals surface area contributed by atoms with Crippen LogP contribution < -0.4 is 15.8 Å². The van der Waals surface area contributed by atoms with Crippen molar-refractivity contribution < 1.29 is 18.3 Å². The highest BCUT2D eigenvalue weighted by molar-refractivity contribution is 7.89. The largest absolute Gasteiger partial charge is 0.397 e. The van der Waals surface area contributed by atoms with Crippen LogP contribution in [0.25, 0.3) is 0 Å². The minimum Gasteiger partial charge on any atom is -0.397 e. The fraction of sp³-hybridized carbons (Fsp3) is 0.500. The van der Waals surface area contributed by atoms with Crippen LogP contribution in [-0.4, -0.2) is 45.9 Å². The molecule has 0 aliphatic carbocycles. The van der Waals surface area contributed by atoms with Crippen molar-refractivity contribution in [3.8, 4) is 0 Å². The Morgan fingerprint density at radius 3 is 2.80 bits per heavy atom. The van der Waals surface area contributed by atoms with Crippen LogP contribution in [0.15, 0.2) is 23.1 Å². The average Bonchev–Trinajstić information content (AvgIpc) is 2.84. The Balaban J connectivity index is 2.10. The smallest absolute Gasteiger partial charge is 0.240 e. The van der Waals surface area contributed by atoms with E-state index in [4.69, 9.17) is 10.5 Å². The summed E-state index contributed by atoms with van der Waals surface area (Å²) >= 11 is 0.